The van der Waals surface area contributed by atoms with Gasteiger partial charge in [-0.1, -0.05) is 20.8 Å². The summed E-state index contributed by atoms with van der Waals surface area (Å²) >= 11 is 0. The van der Waals surface area contributed by atoms with Crippen molar-refractivity contribution < 1.29 is 9.90 Å². The van der Waals surface area contributed by atoms with Crippen LogP contribution >= 0.6 is 0 Å². The largest absolute Gasteiger partial charge is 0.396 e. The van der Waals surface area contributed by atoms with Crippen LogP contribution in [0.5, 0.6) is 0 Å². The average molecular weight is 201 g/mol. The van der Waals surface area contributed by atoms with E-state index in [4.69, 9.17) is 5.11 Å². The Morgan fingerprint density at radius 1 is 1.21 bits per heavy atom. The number of carbonyl (C=O) groups is 1. The fourth-order valence-electron chi connectivity index (χ4n) is 1.19. The number of hydrogen-bond acceptors (Lipinski definition) is 2. The summed E-state index contributed by atoms with van der Waals surface area (Å²) < 4.78 is 0. The lowest BCUT2D eigenvalue weighted by Crippen LogP contribution is -2.28. The molecular weight excluding hydrogens is 178 g/mol. The Labute approximate surface area is 86.9 Å². The summed E-state index contributed by atoms with van der Waals surface area (Å²) in [7, 11) is 0. The van der Waals surface area contributed by atoms with Gasteiger partial charge in [-0.15, -0.1) is 0 Å². The molecule has 0 fully saturated rings. The molecule has 0 aliphatic rings. The third kappa shape index (κ3) is 9.52. The molecule has 0 aliphatic carbocycles. The van der Waals surface area contributed by atoms with Crippen molar-refractivity contribution in [2.45, 2.75) is 46.5 Å². The maximum atomic E-state index is 11.3. The van der Waals surface area contributed by atoms with E-state index in [0.29, 0.717) is 6.42 Å². The molecule has 3 nitrogen and oxygen atoms in total. The summed E-state index contributed by atoms with van der Waals surface area (Å²) in [6, 6.07) is 0. The molecule has 0 heterocycles. The number of rotatable bonds is 6. The fraction of sp³-hybridized carbons (Fsp3) is 0.909. The van der Waals surface area contributed by atoms with Crippen LogP contribution in [0.1, 0.15) is 46.5 Å². The molecule has 0 aromatic carbocycles. The second-order valence-corrected chi connectivity index (χ2v) is 4.87. The van der Waals surface area contributed by atoms with Crippen molar-refractivity contribution in [3.8, 4) is 0 Å². The third-order valence-electron chi connectivity index (χ3n) is 1.85. The van der Waals surface area contributed by atoms with Crippen LogP contribution in [0.3, 0.4) is 0 Å². The lowest BCUT2D eigenvalue weighted by atomic mass is 9.92. The van der Waals surface area contributed by atoms with Crippen molar-refractivity contribution in [1.29, 1.82) is 0 Å². The summed E-state index contributed by atoms with van der Waals surface area (Å²) in [6.45, 7) is 7.14. The van der Waals surface area contributed by atoms with Crippen LogP contribution in [0.2, 0.25) is 0 Å². The summed E-state index contributed by atoms with van der Waals surface area (Å²) in [6.07, 6.45) is 3.34. The van der Waals surface area contributed by atoms with Gasteiger partial charge in [-0.25, -0.2) is 0 Å². The first-order valence-corrected chi connectivity index (χ1v) is 5.33. The van der Waals surface area contributed by atoms with E-state index >= 15 is 0 Å². The van der Waals surface area contributed by atoms with E-state index in [-0.39, 0.29) is 17.9 Å². The van der Waals surface area contributed by atoms with Crippen LogP contribution in [-0.4, -0.2) is 24.2 Å². The van der Waals surface area contributed by atoms with E-state index in [1.54, 1.807) is 0 Å². The predicted molar refractivity (Wildman–Crippen MR) is 58.0 cm³/mol. The first-order valence-electron chi connectivity index (χ1n) is 5.33. The molecule has 3 heteroatoms. The first kappa shape index (κ1) is 13.4. The Kier molecular flexibility index (Phi) is 6.54. The Morgan fingerprint density at radius 3 is 2.36 bits per heavy atom. The van der Waals surface area contributed by atoms with Gasteiger partial charge in [0.15, 0.2) is 0 Å². The smallest absolute Gasteiger partial charge is 0.220 e. The van der Waals surface area contributed by atoms with Crippen LogP contribution in [0.25, 0.3) is 0 Å². The zero-order valence-electron chi connectivity index (χ0n) is 9.60. The monoisotopic (exact) mass is 201 g/mol. The zero-order valence-corrected chi connectivity index (χ0v) is 9.60. The molecule has 0 aromatic rings. The molecule has 0 aromatic heterocycles. The topological polar surface area (TPSA) is 49.3 Å². The maximum Gasteiger partial charge on any atom is 0.220 e. The van der Waals surface area contributed by atoms with Gasteiger partial charge in [-0.3, -0.25) is 4.79 Å². The van der Waals surface area contributed by atoms with E-state index < -0.39 is 0 Å². The summed E-state index contributed by atoms with van der Waals surface area (Å²) in [5, 5.41) is 11.4. The van der Waals surface area contributed by atoms with Crippen molar-refractivity contribution in [1.82, 2.24) is 5.32 Å². The van der Waals surface area contributed by atoms with E-state index in [1.807, 2.05) is 0 Å². The molecule has 0 spiro atoms. The Balaban J connectivity index is 3.36. The van der Waals surface area contributed by atoms with E-state index in [9.17, 15) is 4.79 Å². The Hall–Kier alpha value is -0.570. The van der Waals surface area contributed by atoms with Gasteiger partial charge in [-0.2, -0.15) is 0 Å². The molecule has 0 aliphatic heterocycles. The van der Waals surface area contributed by atoms with Crippen molar-refractivity contribution in [3.05, 3.63) is 0 Å². The summed E-state index contributed by atoms with van der Waals surface area (Å²) in [5.74, 6) is 0.126. The molecule has 0 radical (unpaired) electrons. The molecule has 0 unspecified atom stereocenters. The van der Waals surface area contributed by atoms with Gasteiger partial charge in [0.05, 0.1) is 0 Å². The van der Waals surface area contributed by atoms with E-state index in [1.165, 1.54) is 0 Å². The van der Waals surface area contributed by atoms with Crippen LogP contribution < -0.4 is 5.32 Å². The van der Waals surface area contributed by atoms with E-state index in [2.05, 4.69) is 26.1 Å². The predicted octanol–water partition coefficient (Wildman–Crippen LogP) is 1.70. The van der Waals surface area contributed by atoms with Gasteiger partial charge in [0, 0.05) is 19.6 Å². The van der Waals surface area contributed by atoms with Crippen LogP contribution in [0.15, 0.2) is 0 Å². The molecular formula is C11H23NO2. The lowest BCUT2D eigenvalue weighted by Gasteiger charge is -2.17. The number of aliphatic hydroxyl groups excluding tert-OH is 1. The number of carbonyl (C=O) groups excluding carboxylic acids is 1. The van der Waals surface area contributed by atoms with Crippen molar-refractivity contribution in [3.63, 3.8) is 0 Å². The Bertz CT molecular complexity index is 161. The van der Waals surface area contributed by atoms with Gasteiger partial charge in [-0.05, 0) is 24.7 Å². The van der Waals surface area contributed by atoms with Gasteiger partial charge in [0.25, 0.3) is 0 Å². The van der Waals surface area contributed by atoms with Crippen molar-refractivity contribution in [2.75, 3.05) is 13.2 Å². The zero-order chi connectivity index (χ0) is 11.0. The van der Waals surface area contributed by atoms with Crippen LogP contribution in [0.4, 0.5) is 0 Å². The highest BCUT2D eigenvalue weighted by molar-refractivity contribution is 5.76. The highest BCUT2D eigenvalue weighted by atomic mass is 16.2. The van der Waals surface area contributed by atoms with Gasteiger partial charge < -0.3 is 10.4 Å². The number of aliphatic hydroxyl groups is 1. The number of nitrogens with one attached hydrogen (secondary N) is 1. The minimum atomic E-state index is 0.0647. The minimum Gasteiger partial charge on any atom is -0.396 e. The van der Waals surface area contributed by atoms with Crippen LogP contribution in [-0.2, 0) is 4.79 Å². The van der Waals surface area contributed by atoms with Gasteiger partial charge >= 0.3 is 0 Å². The normalized spacial score (nSPS) is 11.4. The van der Waals surface area contributed by atoms with E-state index in [0.717, 1.165) is 25.8 Å². The van der Waals surface area contributed by atoms with Crippen molar-refractivity contribution >= 4 is 5.91 Å². The molecule has 1 amide bonds. The molecule has 2 N–H and O–H groups in total. The standard InChI is InChI=1S/C11H23NO2/c1-11(2,3)9-10(14)12-7-5-4-6-8-13/h13H,4-9H2,1-3H3,(H,12,14). The molecule has 0 saturated heterocycles. The molecule has 0 rings (SSSR count). The molecule has 84 valence electrons. The number of hydrogen-bond donors (Lipinski definition) is 2. The third-order valence-corrected chi connectivity index (χ3v) is 1.85. The first-order chi connectivity index (χ1) is 6.45. The average Bonchev–Trinajstić information content (AvgIpc) is 2.00. The second-order valence-electron chi connectivity index (χ2n) is 4.87. The number of unbranched alkanes of at least 4 members (excludes halogenated alkanes) is 2. The fourth-order valence-corrected chi connectivity index (χ4v) is 1.19. The quantitative estimate of drug-likeness (QED) is 0.643. The van der Waals surface area contributed by atoms with Gasteiger partial charge in [0.2, 0.25) is 5.91 Å². The van der Waals surface area contributed by atoms with Crippen LogP contribution in [0, 0.1) is 5.41 Å². The van der Waals surface area contributed by atoms with Gasteiger partial charge in [0.1, 0.15) is 0 Å². The molecule has 0 atom stereocenters. The second kappa shape index (κ2) is 6.82. The number of amides is 1. The summed E-state index contributed by atoms with van der Waals surface area (Å²) in [5.41, 5.74) is 0.0647. The highest BCUT2D eigenvalue weighted by Crippen LogP contribution is 2.17. The highest BCUT2D eigenvalue weighted by Gasteiger charge is 2.14. The molecule has 14 heavy (non-hydrogen) atoms. The molecule has 0 saturated carbocycles. The van der Waals surface area contributed by atoms with Crippen molar-refractivity contribution in [2.24, 2.45) is 5.41 Å². The Morgan fingerprint density at radius 2 is 1.86 bits per heavy atom. The maximum absolute atomic E-state index is 11.3. The minimum absolute atomic E-state index is 0.0647. The molecule has 0 bridgehead atoms. The summed E-state index contributed by atoms with van der Waals surface area (Å²) in [4.78, 5) is 11.3. The SMILES string of the molecule is CC(C)(C)CC(=O)NCCCCCO. The lowest BCUT2D eigenvalue weighted by molar-refractivity contribution is -0.122.